The minimum atomic E-state index is 0. The molecule has 0 saturated carbocycles. The third kappa shape index (κ3) is 3.44. The van der Waals surface area contributed by atoms with Crippen LogP contribution in [0.3, 0.4) is 0 Å². The van der Waals surface area contributed by atoms with E-state index in [2.05, 4.69) is 35.6 Å². The summed E-state index contributed by atoms with van der Waals surface area (Å²) in [6.07, 6.45) is 3.82. The molecule has 1 saturated heterocycles. The molecule has 0 aliphatic carbocycles. The summed E-state index contributed by atoms with van der Waals surface area (Å²) in [5.74, 6) is 1.77. The predicted molar refractivity (Wildman–Crippen MR) is 87.0 cm³/mol. The van der Waals surface area contributed by atoms with Gasteiger partial charge in [-0.05, 0) is 66.7 Å². The lowest BCUT2D eigenvalue weighted by Crippen LogP contribution is -2.28. The topological polar surface area (TPSA) is 21.3 Å². The molecule has 2 nitrogen and oxygen atoms in total. The number of halogens is 1. The van der Waals surface area contributed by atoms with Crippen molar-refractivity contribution >= 4 is 23.2 Å². The molecule has 0 atom stereocenters. The van der Waals surface area contributed by atoms with E-state index in [0.717, 1.165) is 11.7 Å². The Hall–Kier alpha value is -1.25. The highest BCUT2D eigenvalue weighted by atomic mass is 35.5. The van der Waals surface area contributed by atoms with Gasteiger partial charge in [-0.2, -0.15) is 0 Å². The molecule has 0 bridgehead atoms. The molecule has 108 valence electrons. The maximum absolute atomic E-state index is 5.27. The van der Waals surface area contributed by atoms with E-state index < -0.39 is 0 Å². The second-order valence-electron chi connectivity index (χ2n) is 5.44. The number of fused-ring (bicyclic) bond motifs is 1. The molecule has 2 aromatic rings. The van der Waals surface area contributed by atoms with Gasteiger partial charge in [0.1, 0.15) is 5.75 Å². The van der Waals surface area contributed by atoms with Crippen LogP contribution in [-0.4, -0.2) is 20.2 Å². The Bertz CT molecular complexity index is 564. The molecule has 3 heteroatoms. The van der Waals surface area contributed by atoms with Crippen molar-refractivity contribution in [2.75, 3.05) is 20.2 Å². The molecule has 0 spiro atoms. The monoisotopic (exact) mass is 291 g/mol. The second kappa shape index (κ2) is 6.96. The van der Waals surface area contributed by atoms with E-state index in [4.69, 9.17) is 4.74 Å². The average molecular weight is 292 g/mol. The quantitative estimate of drug-likeness (QED) is 0.928. The van der Waals surface area contributed by atoms with Crippen LogP contribution < -0.4 is 10.1 Å². The van der Waals surface area contributed by atoms with Crippen LogP contribution in [0.1, 0.15) is 18.4 Å². The van der Waals surface area contributed by atoms with Crippen LogP contribution in [0, 0.1) is 5.92 Å². The van der Waals surface area contributed by atoms with E-state index in [1.807, 2.05) is 6.07 Å². The third-order valence-corrected chi connectivity index (χ3v) is 4.09. The van der Waals surface area contributed by atoms with E-state index in [0.29, 0.717) is 0 Å². The summed E-state index contributed by atoms with van der Waals surface area (Å²) >= 11 is 0. The second-order valence-corrected chi connectivity index (χ2v) is 5.44. The molecular formula is C17H22ClNO. The lowest BCUT2D eigenvalue weighted by Gasteiger charge is -2.22. The van der Waals surface area contributed by atoms with Gasteiger partial charge in [0, 0.05) is 0 Å². The Morgan fingerprint density at radius 2 is 1.75 bits per heavy atom. The van der Waals surface area contributed by atoms with Gasteiger partial charge in [-0.15, -0.1) is 12.4 Å². The standard InChI is InChI=1S/C17H21NO.ClH/c1-19-17-5-4-15-11-14(2-3-16(15)12-17)10-13-6-8-18-9-7-13;/h2-5,11-13,18H,6-10H2,1H3;1H. The molecule has 20 heavy (non-hydrogen) atoms. The molecule has 0 aromatic heterocycles. The summed E-state index contributed by atoms with van der Waals surface area (Å²) in [6, 6.07) is 13.1. The first-order valence-corrected chi connectivity index (χ1v) is 7.12. The zero-order valence-corrected chi connectivity index (χ0v) is 12.7. The van der Waals surface area contributed by atoms with Crippen molar-refractivity contribution in [3.63, 3.8) is 0 Å². The Morgan fingerprint density at radius 3 is 2.50 bits per heavy atom. The molecule has 1 fully saturated rings. The highest BCUT2D eigenvalue weighted by molar-refractivity contribution is 5.85. The fraction of sp³-hybridized carbons (Fsp3) is 0.412. The highest BCUT2D eigenvalue weighted by Gasteiger charge is 2.13. The molecule has 0 radical (unpaired) electrons. The van der Waals surface area contributed by atoms with Gasteiger partial charge in [0.05, 0.1) is 7.11 Å². The molecule has 1 aliphatic rings. The van der Waals surface area contributed by atoms with Crippen LogP contribution >= 0.6 is 12.4 Å². The maximum atomic E-state index is 5.27. The summed E-state index contributed by atoms with van der Waals surface area (Å²) in [6.45, 7) is 2.35. The first-order valence-electron chi connectivity index (χ1n) is 7.12. The van der Waals surface area contributed by atoms with Crippen LogP contribution in [0.25, 0.3) is 10.8 Å². The first kappa shape index (κ1) is 15.1. The van der Waals surface area contributed by atoms with Crippen molar-refractivity contribution in [2.45, 2.75) is 19.3 Å². The molecule has 0 amide bonds. The highest BCUT2D eigenvalue weighted by Crippen LogP contribution is 2.24. The number of rotatable bonds is 3. The van der Waals surface area contributed by atoms with E-state index in [1.165, 1.54) is 48.7 Å². The first-order chi connectivity index (χ1) is 9.35. The Kier molecular flexibility index (Phi) is 5.27. The largest absolute Gasteiger partial charge is 0.497 e. The zero-order valence-electron chi connectivity index (χ0n) is 11.9. The van der Waals surface area contributed by atoms with E-state index in [9.17, 15) is 0 Å². The predicted octanol–water partition coefficient (Wildman–Crippen LogP) is 3.81. The average Bonchev–Trinajstić information content (AvgIpc) is 2.48. The van der Waals surface area contributed by atoms with Gasteiger partial charge in [0.2, 0.25) is 0 Å². The normalized spacial score (nSPS) is 15.8. The van der Waals surface area contributed by atoms with Gasteiger partial charge in [-0.25, -0.2) is 0 Å². The molecule has 1 heterocycles. The van der Waals surface area contributed by atoms with Gasteiger partial charge in [0.25, 0.3) is 0 Å². The van der Waals surface area contributed by atoms with Crippen molar-refractivity contribution in [1.82, 2.24) is 5.32 Å². The summed E-state index contributed by atoms with van der Waals surface area (Å²) in [7, 11) is 1.71. The molecule has 3 rings (SSSR count). The van der Waals surface area contributed by atoms with E-state index >= 15 is 0 Å². The third-order valence-electron chi connectivity index (χ3n) is 4.09. The van der Waals surface area contributed by atoms with Crippen LogP contribution in [0.2, 0.25) is 0 Å². The van der Waals surface area contributed by atoms with Crippen molar-refractivity contribution in [2.24, 2.45) is 5.92 Å². The SMILES string of the molecule is COc1ccc2cc(CC3CCNCC3)ccc2c1.Cl. The van der Waals surface area contributed by atoms with Gasteiger partial charge < -0.3 is 10.1 Å². The molecule has 1 N–H and O–H groups in total. The summed E-state index contributed by atoms with van der Waals surface area (Å²) in [4.78, 5) is 0. The number of piperidine rings is 1. The fourth-order valence-electron chi connectivity index (χ4n) is 2.95. The maximum Gasteiger partial charge on any atom is 0.119 e. The Labute approximate surface area is 126 Å². The van der Waals surface area contributed by atoms with E-state index in [1.54, 1.807) is 7.11 Å². The van der Waals surface area contributed by atoms with Gasteiger partial charge >= 0.3 is 0 Å². The van der Waals surface area contributed by atoms with Gasteiger partial charge in [-0.1, -0.05) is 24.3 Å². The van der Waals surface area contributed by atoms with Crippen LogP contribution in [0.15, 0.2) is 36.4 Å². The molecule has 0 unspecified atom stereocenters. The smallest absolute Gasteiger partial charge is 0.119 e. The van der Waals surface area contributed by atoms with Crippen molar-refractivity contribution < 1.29 is 4.74 Å². The number of ether oxygens (including phenoxy) is 1. The fourth-order valence-corrected chi connectivity index (χ4v) is 2.95. The molecule has 1 aliphatic heterocycles. The minimum Gasteiger partial charge on any atom is -0.497 e. The Balaban J connectivity index is 0.00000147. The minimum absolute atomic E-state index is 0. The summed E-state index contributed by atoms with van der Waals surface area (Å²) in [5, 5.41) is 6.00. The van der Waals surface area contributed by atoms with E-state index in [-0.39, 0.29) is 12.4 Å². The van der Waals surface area contributed by atoms with Crippen molar-refractivity contribution in [3.05, 3.63) is 42.0 Å². The Morgan fingerprint density at radius 1 is 1.05 bits per heavy atom. The zero-order chi connectivity index (χ0) is 13.1. The number of benzene rings is 2. The lowest BCUT2D eigenvalue weighted by molar-refractivity contribution is 0.373. The summed E-state index contributed by atoms with van der Waals surface area (Å²) < 4.78 is 5.27. The van der Waals surface area contributed by atoms with Gasteiger partial charge in [-0.3, -0.25) is 0 Å². The van der Waals surface area contributed by atoms with Crippen molar-refractivity contribution in [1.29, 1.82) is 0 Å². The van der Waals surface area contributed by atoms with Crippen LogP contribution in [-0.2, 0) is 6.42 Å². The summed E-state index contributed by atoms with van der Waals surface area (Å²) in [5.41, 5.74) is 1.46. The van der Waals surface area contributed by atoms with Crippen molar-refractivity contribution in [3.8, 4) is 5.75 Å². The number of nitrogens with one attached hydrogen (secondary N) is 1. The molecular weight excluding hydrogens is 270 g/mol. The lowest BCUT2D eigenvalue weighted by atomic mass is 9.90. The number of hydrogen-bond acceptors (Lipinski definition) is 2. The number of methoxy groups -OCH3 is 1. The number of hydrogen-bond donors (Lipinski definition) is 1. The molecule has 2 aromatic carbocycles. The van der Waals surface area contributed by atoms with Crippen LogP contribution in [0.4, 0.5) is 0 Å². The van der Waals surface area contributed by atoms with Crippen LogP contribution in [0.5, 0.6) is 5.75 Å². The van der Waals surface area contributed by atoms with Gasteiger partial charge in [0.15, 0.2) is 0 Å².